The number of hydrogen-bond donors (Lipinski definition) is 2. The Morgan fingerprint density at radius 1 is 1.08 bits per heavy atom. The molecule has 1 aliphatic heterocycles. The zero-order chi connectivity index (χ0) is 26.1. The van der Waals surface area contributed by atoms with Crippen molar-refractivity contribution in [2.45, 2.75) is 11.8 Å². The third-order valence-electron chi connectivity index (χ3n) is 4.48. The molecule has 10 nitrogen and oxygen atoms in total. The van der Waals surface area contributed by atoms with Crippen molar-refractivity contribution >= 4 is 73.6 Å². The molecular formula is C21H17ClCoN8O2S3. The van der Waals surface area contributed by atoms with Gasteiger partial charge in [-0.3, -0.25) is 5.41 Å². The van der Waals surface area contributed by atoms with Gasteiger partial charge in [-0.1, -0.05) is 18.2 Å². The van der Waals surface area contributed by atoms with Gasteiger partial charge in [0.15, 0.2) is 5.84 Å². The van der Waals surface area contributed by atoms with Crippen LogP contribution >= 0.6 is 22.1 Å². The van der Waals surface area contributed by atoms with Crippen molar-refractivity contribution in [2.75, 3.05) is 9.73 Å². The molecule has 0 radical (unpaired) electrons. The number of nitrogens with zero attached hydrogens (tertiary/aromatic N) is 6. The van der Waals surface area contributed by atoms with Gasteiger partial charge in [0.25, 0.3) is 10.0 Å². The van der Waals surface area contributed by atoms with Gasteiger partial charge < -0.3 is 12.6 Å². The number of nitrogens with one attached hydrogen (secondary N) is 2. The Kier molecular flexibility index (Phi) is 9.92. The Balaban J connectivity index is 0.00000176. The van der Waals surface area contributed by atoms with E-state index in [-0.39, 0.29) is 16.7 Å². The number of anilines is 2. The maximum absolute atomic E-state index is 12.4. The van der Waals surface area contributed by atoms with E-state index in [4.69, 9.17) is 18.0 Å². The van der Waals surface area contributed by atoms with Crippen LogP contribution in [0.1, 0.15) is 6.92 Å². The Bertz CT molecular complexity index is 1400. The summed E-state index contributed by atoms with van der Waals surface area (Å²) in [6, 6.07) is 16.8. The van der Waals surface area contributed by atoms with Crippen molar-refractivity contribution < 1.29 is 23.3 Å². The topological polar surface area (TPSA) is 136 Å². The van der Waals surface area contributed by atoms with Gasteiger partial charge in [0.1, 0.15) is 0 Å². The van der Waals surface area contributed by atoms with Crippen molar-refractivity contribution in [1.29, 1.82) is 5.41 Å². The third-order valence-corrected chi connectivity index (χ3v) is 6.79. The van der Waals surface area contributed by atoms with Crippen molar-refractivity contribution in [3.63, 3.8) is 0 Å². The van der Waals surface area contributed by atoms with E-state index >= 15 is 0 Å². The molecule has 36 heavy (non-hydrogen) atoms. The first-order valence-electron chi connectivity index (χ1n) is 9.87. The van der Waals surface area contributed by atoms with E-state index in [1.54, 1.807) is 13.0 Å². The first-order valence-corrected chi connectivity index (χ1v) is 14.0. The number of halogens is 1. The average Bonchev–Trinajstić information content (AvgIpc) is 3.20. The first kappa shape index (κ1) is 27.7. The fraction of sp³-hybridized carbons (Fsp3) is 0.0476. The molecule has 0 unspecified atom stereocenters. The summed E-state index contributed by atoms with van der Waals surface area (Å²) in [4.78, 5) is 7.73. The van der Waals surface area contributed by atoms with Gasteiger partial charge in [0, 0.05) is 29.9 Å². The molecule has 0 saturated carbocycles. The van der Waals surface area contributed by atoms with Crippen LogP contribution in [-0.2, 0) is 37.5 Å². The van der Waals surface area contributed by atoms with Gasteiger partial charge >= 0.3 is 25.0 Å². The van der Waals surface area contributed by atoms with Crippen LogP contribution in [0.4, 0.5) is 17.3 Å². The zero-order valence-corrected chi connectivity index (χ0v) is 22.6. The van der Waals surface area contributed by atoms with E-state index in [1.807, 2.05) is 30.3 Å². The quantitative estimate of drug-likeness (QED) is 0.212. The molecule has 0 amide bonds. The van der Waals surface area contributed by atoms with Crippen LogP contribution in [0, 0.1) is 5.41 Å². The van der Waals surface area contributed by atoms with Crippen LogP contribution in [0.15, 0.2) is 102 Å². The molecule has 15 heteroatoms. The molecule has 2 N–H and O–H groups in total. The van der Waals surface area contributed by atoms with Gasteiger partial charge in [-0.05, 0) is 49.4 Å². The minimum absolute atomic E-state index is 0.0178. The molecule has 0 spiro atoms. The van der Waals surface area contributed by atoms with Crippen molar-refractivity contribution in [3.8, 4) is 0 Å². The summed E-state index contributed by atoms with van der Waals surface area (Å²) >= 11 is 9.42. The summed E-state index contributed by atoms with van der Waals surface area (Å²) in [5.41, 5.74) is 2.33. The minimum atomic E-state index is -3.83. The summed E-state index contributed by atoms with van der Waals surface area (Å²) in [5.74, 6) is 0.150. The average molecular weight is 604 g/mol. The fourth-order valence-electron chi connectivity index (χ4n) is 2.90. The molecule has 0 saturated heterocycles. The molecule has 2 aromatic carbocycles. The fourth-order valence-corrected chi connectivity index (χ4v) is 4.75. The number of benzene rings is 2. The van der Waals surface area contributed by atoms with Crippen LogP contribution in [0.5, 0.6) is 0 Å². The van der Waals surface area contributed by atoms with E-state index in [2.05, 4.69) is 54.4 Å². The third kappa shape index (κ3) is 6.87. The number of rotatable bonds is 7. The van der Waals surface area contributed by atoms with E-state index in [1.165, 1.54) is 41.7 Å². The Labute approximate surface area is 230 Å². The maximum atomic E-state index is 12.4. The monoisotopic (exact) mass is 603 g/mol. The molecule has 1 aromatic heterocycles. The summed E-state index contributed by atoms with van der Waals surface area (Å²) < 4.78 is 31.6. The predicted molar refractivity (Wildman–Crippen MR) is 141 cm³/mol. The predicted octanol–water partition coefficient (Wildman–Crippen LogP) is 5.33. The van der Waals surface area contributed by atoms with Crippen molar-refractivity contribution in [2.24, 2.45) is 14.7 Å². The molecule has 2 heterocycles. The second kappa shape index (κ2) is 12.9. The summed E-state index contributed by atoms with van der Waals surface area (Å²) in [7, 11) is 0.493. The Morgan fingerprint density at radius 3 is 2.36 bits per heavy atom. The number of hydrazone groups is 1. The second-order valence-electron chi connectivity index (χ2n) is 6.79. The van der Waals surface area contributed by atoms with Crippen molar-refractivity contribution in [1.82, 2.24) is 9.97 Å². The van der Waals surface area contributed by atoms with Crippen LogP contribution in [-0.4, -0.2) is 29.9 Å². The van der Waals surface area contributed by atoms with Gasteiger partial charge in [-0.2, -0.15) is 5.10 Å². The number of sulfonamides is 1. The van der Waals surface area contributed by atoms with Gasteiger partial charge in [0.05, 0.1) is 22.0 Å². The molecule has 1 aliphatic rings. The SMILES string of the molecule is CC1=NN(c2ccccc2)C(=N)/C1=C(/[S-])SN=Nc1ccc(S(=O)(=O)Nc2ncccn2)cc1.[Cl][Co+]. The first-order chi connectivity index (χ1) is 17.3. The van der Waals surface area contributed by atoms with Gasteiger partial charge in [-0.15, -0.1) is 13.9 Å². The standard InChI is InChI=1S/C21H18N8O2S3.ClH.Co/c1-14-18(19(22)29(26-14)16-6-3-2-4-7-16)20(32)33-28-25-15-8-10-17(11-9-15)34(30,31)27-21-23-12-5-13-24-21;;/h2-13,22,32H,1H3,(H,23,24,27);1H;/q;;+2/p-2/b20-18-,22-19?,28-25?;;. The zero-order valence-electron chi connectivity index (χ0n) is 18.4. The van der Waals surface area contributed by atoms with Crippen LogP contribution in [0.3, 0.4) is 0 Å². The molecule has 0 aliphatic carbocycles. The Hall–Kier alpha value is -2.88. The number of hydrogen-bond acceptors (Lipinski definition) is 10. The normalized spacial score (nSPS) is 14.8. The van der Waals surface area contributed by atoms with Crippen LogP contribution < -0.4 is 9.73 Å². The van der Waals surface area contributed by atoms with E-state index in [0.29, 0.717) is 21.2 Å². The second-order valence-corrected chi connectivity index (χ2v) is 9.89. The summed E-state index contributed by atoms with van der Waals surface area (Å²) in [6.07, 6.45) is 2.88. The summed E-state index contributed by atoms with van der Waals surface area (Å²) in [5, 5.41) is 18.5. The molecule has 0 atom stereocenters. The van der Waals surface area contributed by atoms with E-state index in [9.17, 15) is 8.42 Å². The number of amidine groups is 1. The van der Waals surface area contributed by atoms with Crippen LogP contribution in [0.25, 0.3) is 0 Å². The Morgan fingerprint density at radius 2 is 1.72 bits per heavy atom. The van der Waals surface area contributed by atoms with Crippen molar-refractivity contribution in [3.05, 3.63) is 82.9 Å². The number of aromatic nitrogens is 2. The molecular weight excluding hydrogens is 587 g/mol. The van der Waals surface area contributed by atoms with Crippen LogP contribution in [0.2, 0.25) is 0 Å². The molecule has 3 aromatic rings. The molecule has 4 rings (SSSR count). The number of para-hydroxylation sites is 1. The van der Waals surface area contributed by atoms with E-state index < -0.39 is 10.0 Å². The van der Waals surface area contributed by atoms with E-state index in [0.717, 1.165) is 17.6 Å². The molecule has 187 valence electrons. The molecule has 0 bridgehead atoms. The van der Waals surface area contributed by atoms with Gasteiger partial charge in [-0.25, -0.2) is 28.1 Å². The van der Waals surface area contributed by atoms with Gasteiger partial charge in [0.2, 0.25) is 5.95 Å². The molecule has 0 fully saturated rings. The summed E-state index contributed by atoms with van der Waals surface area (Å²) in [6.45, 7) is 1.78.